The molecule has 0 radical (unpaired) electrons. The lowest BCUT2D eigenvalue weighted by molar-refractivity contribution is 0.706. The zero-order valence-corrected chi connectivity index (χ0v) is 12.9. The van der Waals surface area contributed by atoms with E-state index in [1.165, 1.54) is 16.7 Å². The van der Waals surface area contributed by atoms with Gasteiger partial charge in [-0.1, -0.05) is 37.3 Å². The molecule has 1 N–H and O–H groups in total. The van der Waals surface area contributed by atoms with E-state index in [1.54, 1.807) is 0 Å². The molecule has 0 saturated heterocycles. The van der Waals surface area contributed by atoms with Crippen molar-refractivity contribution < 1.29 is 0 Å². The molecule has 0 unspecified atom stereocenters. The lowest BCUT2D eigenvalue weighted by atomic mass is 10.00. The van der Waals surface area contributed by atoms with Crippen molar-refractivity contribution in [3.8, 4) is 0 Å². The van der Waals surface area contributed by atoms with Crippen molar-refractivity contribution in [1.29, 1.82) is 0 Å². The second kappa shape index (κ2) is 6.27. The maximum Gasteiger partial charge on any atom is 0.129 e. The maximum absolute atomic E-state index is 4.81. The average molecular weight is 281 g/mol. The van der Waals surface area contributed by atoms with Crippen LogP contribution in [0.4, 0.5) is 5.82 Å². The molecule has 3 nitrogen and oxygen atoms in total. The summed E-state index contributed by atoms with van der Waals surface area (Å²) in [7, 11) is 0. The van der Waals surface area contributed by atoms with Crippen LogP contribution in [0.1, 0.15) is 29.3 Å². The molecular formula is C18H23N3. The number of nitrogens with zero attached hydrogens (tertiary/aromatic N) is 2. The maximum atomic E-state index is 4.81. The number of nitrogens with one attached hydrogen (secondary N) is 1. The molecule has 0 fully saturated rings. The monoisotopic (exact) mass is 281 g/mol. The van der Waals surface area contributed by atoms with Crippen molar-refractivity contribution in [3.05, 3.63) is 58.8 Å². The molecule has 1 aromatic heterocycles. The summed E-state index contributed by atoms with van der Waals surface area (Å²) >= 11 is 0. The largest absolute Gasteiger partial charge is 0.352 e. The predicted molar refractivity (Wildman–Crippen MR) is 87.6 cm³/mol. The van der Waals surface area contributed by atoms with E-state index >= 15 is 0 Å². The van der Waals surface area contributed by atoms with E-state index in [-0.39, 0.29) is 0 Å². The summed E-state index contributed by atoms with van der Waals surface area (Å²) in [6.45, 7) is 8.14. The molecule has 110 valence electrons. The number of pyridine rings is 1. The van der Waals surface area contributed by atoms with E-state index < -0.39 is 0 Å². The van der Waals surface area contributed by atoms with Crippen LogP contribution in [0.5, 0.6) is 0 Å². The first-order chi connectivity index (χ1) is 10.3. The Kier molecular flexibility index (Phi) is 4.20. The second-order valence-electron chi connectivity index (χ2n) is 5.63. The van der Waals surface area contributed by atoms with Crippen molar-refractivity contribution in [2.45, 2.75) is 33.4 Å². The standard InChI is InChI=1S/C18H23N3/c1-3-19-12-16-8-9-18(20-14(16)2)21-11-10-15-6-4-5-7-17(15)13-21/h4-9,19H,3,10-13H2,1-2H3. The summed E-state index contributed by atoms with van der Waals surface area (Å²) in [5, 5.41) is 3.36. The number of fused-ring (bicyclic) bond motifs is 1. The minimum atomic E-state index is 0.901. The molecular weight excluding hydrogens is 258 g/mol. The molecule has 2 heterocycles. The fourth-order valence-corrected chi connectivity index (χ4v) is 2.89. The highest BCUT2D eigenvalue weighted by molar-refractivity contribution is 5.46. The Balaban J connectivity index is 1.78. The molecule has 0 bridgehead atoms. The number of aromatic nitrogens is 1. The predicted octanol–water partition coefficient (Wildman–Crippen LogP) is 3.06. The summed E-state index contributed by atoms with van der Waals surface area (Å²) in [5.74, 6) is 1.10. The van der Waals surface area contributed by atoms with Crippen LogP contribution < -0.4 is 10.2 Å². The van der Waals surface area contributed by atoms with Crippen molar-refractivity contribution >= 4 is 5.82 Å². The topological polar surface area (TPSA) is 28.2 Å². The Hall–Kier alpha value is -1.87. The van der Waals surface area contributed by atoms with E-state index in [0.29, 0.717) is 0 Å². The van der Waals surface area contributed by atoms with Gasteiger partial charge in [0.2, 0.25) is 0 Å². The smallest absolute Gasteiger partial charge is 0.129 e. The average Bonchev–Trinajstić information content (AvgIpc) is 2.53. The molecule has 21 heavy (non-hydrogen) atoms. The third kappa shape index (κ3) is 3.08. The van der Waals surface area contributed by atoms with Crippen LogP contribution in [-0.4, -0.2) is 18.1 Å². The molecule has 1 aliphatic rings. The number of anilines is 1. The highest BCUT2D eigenvalue weighted by Gasteiger charge is 2.17. The fourth-order valence-electron chi connectivity index (χ4n) is 2.89. The van der Waals surface area contributed by atoms with E-state index in [9.17, 15) is 0 Å². The summed E-state index contributed by atoms with van der Waals surface area (Å²) in [5.41, 5.74) is 5.33. The Morgan fingerprint density at radius 3 is 2.71 bits per heavy atom. The Labute approximate surface area is 127 Å². The van der Waals surface area contributed by atoms with Gasteiger partial charge in [0.15, 0.2) is 0 Å². The Morgan fingerprint density at radius 1 is 1.14 bits per heavy atom. The minimum absolute atomic E-state index is 0.901. The lowest BCUT2D eigenvalue weighted by Gasteiger charge is -2.30. The van der Waals surface area contributed by atoms with Crippen molar-refractivity contribution in [2.24, 2.45) is 0 Å². The lowest BCUT2D eigenvalue weighted by Crippen LogP contribution is -2.31. The minimum Gasteiger partial charge on any atom is -0.352 e. The van der Waals surface area contributed by atoms with E-state index in [4.69, 9.17) is 4.98 Å². The first-order valence-electron chi connectivity index (χ1n) is 7.77. The van der Waals surface area contributed by atoms with Crippen LogP contribution in [0.3, 0.4) is 0 Å². The van der Waals surface area contributed by atoms with Crippen LogP contribution in [0.2, 0.25) is 0 Å². The van der Waals surface area contributed by atoms with E-state index in [2.05, 4.69) is 60.5 Å². The van der Waals surface area contributed by atoms with Gasteiger partial charge in [-0.2, -0.15) is 0 Å². The first kappa shape index (κ1) is 14.1. The molecule has 0 aliphatic carbocycles. The molecule has 0 atom stereocenters. The first-order valence-corrected chi connectivity index (χ1v) is 7.77. The SMILES string of the molecule is CCNCc1ccc(N2CCc3ccccc3C2)nc1C. The van der Waals surface area contributed by atoms with Gasteiger partial charge in [-0.3, -0.25) is 0 Å². The molecule has 3 heteroatoms. The second-order valence-corrected chi connectivity index (χ2v) is 5.63. The van der Waals surface area contributed by atoms with Gasteiger partial charge in [-0.15, -0.1) is 0 Å². The van der Waals surface area contributed by atoms with Crippen LogP contribution >= 0.6 is 0 Å². The van der Waals surface area contributed by atoms with Gasteiger partial charge >= 0.3 is 0 Å². The van der Waals surface area contributed by atoms with E-state index in [1.807, 2.05) is 0 Å². The van der Waals surface area contributed by atoms with Crippen LogP contribution in [0.15, 0.2) is 36.4 Å². The molecule has 1 aliphatic heterocycles. The van der Waals surface area contributed by atoms with Crippen LogP contribution in [0, 0.1) is 6.92 Å². The van der Waals surface area contributed by atoms with Gasteiger partial charge in [0.25, 0.3) is 0 Å². The van der Waals surface area contributed by atoms with Crippen molar-refractivity contribution in [2.75, 3.05) is 18.0 Å². The third-order valence-electron chi connectivity index (χ3n) is 4.20. The van der Waals surface area contributed by atoms with Crippen molar-refractivity contribution in [1.82, 2.24) is 10.3 Å². The highest BCUT2D eigenvalue weighted by atomic mass is 15.2. The van der Waals surface area contributed by atoms with Gasteiger partial charge < -0.3 is 10.2 Å². The zero-order chi connectivity index (χ0) is 14.7. The highest BCUT2D eigenvalue weighted by Crippen LogP contribution is 2.23. The van der Waals surface area contributed by atoms with Crippen LogP contribution in [-0.2, 0) is 19.5 Å². The molecule has 0 saturated carbocycles. The quantitative estimate of drug-likeness (QED) is 0.933. The summed E-state index contributed by atoms with van der Waals surface area (Å²) < 4.78 is 0. The van der Waals surface area contributed by atoms with Gasteiger partial charge in [-0.25, -0.2) is 4.98 Å². The number of benzene rings is 1. The van der Waals surface area contributed by atoms with Gasteiger partial charge in [-0.05, 0) is 42.6 Å². The summed E-state index contributed by atoms with van der Waals surface area (Å²) in [6.07, 6.45) is 1.11. The van der Waals surface area contributed by atoms with Crippen LogP contribution in [0.25, 0.3) is 0 Å². The summed E-state index contributed by atoms with van der Waals surface area (Å²) in [4.78, 5) is 7.19. The molecule has 3 rings (SSSR count). The number of hydrogen-bond donors (Lipinski definition) is 1. The van der Waals surface area contributed by atoms with Gasteiger partial charge in [0.05, 0.1) is 0 Å². The Morgan fingerprint density at radius 2 is 1.95 bits per heavy atom. The number of rotatable bonds is 4. The molecule has 1 aromatic carbocycles. The third-order valence-corrected chi connectivity index (χ3v) is 4.20. The van der Waals surface area contributed by atoms with Gasteiger partial charge in [0, 0.05) is 25.3 Å². The normalized spacial score (nSPS) is 14.1. The molecule has 0 spiro atoms. The van der Waals surface area contributed by atoms with E-state index in [0.717, 1.165) is 44.1 Å². The summed E-state index contributed by atoms with van der Waals surface area (Å²) in [6, 6.07) is 13.1. The molecule has 2 aromatic rings. The zero-order valence-electron chi connectivity index (χ0n) is 12.9. The number of hydrogen-bond acceptors (Lipinski definition) is 3. The Bertz CT molecular complexity index is 622. The number of aryl methyl sites for hydroxylation is 1. The van der Waals surface area contributed by atoms with Gasteiger partial charge in [0.1, 0.15) is 5.82 Å². The molecule has 0 amide bonds. The van der Waals surface area contributed by atoms with Crippen molar-refractivity contribution in [3.63, 3.8) is 0 Å². The fraction of sp³-hybridized carbons (Fsp3) is 0.389.